The molecule has 0 aliphatic rings. The van der Waals surface area contributed by atoms with E-state index >= 15 is 0 Å². The number of aromatic amines is 1. The summed E-state index contributed by atoms with van der Waals surface area (Å²) in [5, 5.41) is 13.7. The lowest BCUT2D eigenvalue weighted by Crippen LogP contribution is -2.15. The van der Waals surface area contributed by atoms with Gasteiger partial charge in [0.05, 0.1) is 12.1 Å². The van der Waals surface area contributed by atoms with Crippen LogP contribution in [0.2, 0.25) is 5.22 Å². The normalized spacial score (nSPS) is 10.8. The molecule has 0 saturated carbocycles. The van der Waals surface area contributed by atoms with Crippen LogP contribution in [0.4, 0.5) is 5.82 Å². The van der Waals surface area contributed by atoms with Crippen LogP contribution in [0.15, 0.2) is 40.9 Å². The molecule has 0 fully saturated rings. The Labute approximate surface area is 144 Å². The molecule has 24 heavy (non-hydrogen) atoms. The summed E-state index contributed by atoms with van der Waals surface area (Å²) >= 11 is 5.86. The smallest absolute Gasteiger partial charge is 0.230 e. The molecular formula is C17H17ClN4O2. The fourth-order valence-electron chi connectivity index (χ4n) is 2.38. The summed E-state index contributed by atoms with van der Waals surface area (Å²) in [5.41, 5.74) is 3.43. The summed E-state index contributed by atoms with van der Waals surface area (Å²) < 4.78 is 4.84. The zero-order chi connectivity index (χ0) is 16.9. The molecule has 0 aliphatic carbocycles. The van der Waals surface area contributed by atoms with Crippen molar-refractivity contribution >= 4 is 23.3 Å². The fraction of sp³-hybridized carbons (Fsp3) is 0.235. The summed E-state index contributed by atoms with van der Waals surface area (Å²) in [7, 11) is 0. The summed E-state index contributed by atoms with van der Waals surface area (Å²) in [6, 6.07) is 12.0. The maximum absolute atomic E-state index is 12.1. The molecular weight excluding hydrogens is 328 g/mol. The number of hydrogen-bond acceptors (Lipinski definition) is 4. The first-order valence-electron chi connectivity index (χ1n) is 7.60. The number of hydrogen-bond donors (Lipinski definition) is 2. The Hall–Kier alpha value is -2.60. The number of aromatic nitrogens is 3. The van der Waals surface area contributed by atoms with E-state index in [0.717, 1.165) is 18.5 Å². The lowest BCUT2D eigenvalue weighted by atomic mass is 10.1. The summed E-state index contributed by atoms with van der Waals surface area (Å²) in [4.78, 5) is 12.1. The third-order valence-corrected chi connectivity index (χ3v) is 4.00. The summed E-state index contributed by atoms with van der Waals surface area (Å²) in [6.45, 7) is 1.74. The number of H-pyrrole nitrogens is 1. The van der Waals surface area contributed by atoms with E-state index in [2.05, 4.69) is 32.8 Å². The molecule has 0 atom stereocenters. The highest BCUT2D eigenvalue weighted by atomic mass is 35.5. The lowest BCUT2D eigenvalue weighted by molar-refractivity contribution is -0.115. The Bertz CT molecular complexity index is 807. The number of anilines is 1. The van der Waals surface area contributed by atoms with Crippen LogP contribution in [0.3, 0.4) is 0 Å². The van der Waals surface area contributed by atoms with E-state index in [4.69, 9.17) is 16.1 Å². The number of benzene rings is 1. The molecule has 0 bridgehead atoms. The molecule has 0 unspecified atom stereocenters. The van der Waals surface area contributed by atoms with Gasteiger partial charge in [-0.1, -0.05) is 35.5 Å². The van der Waals surface area contributed by atoms with E-state index in [0.29, 0.717) is 17.1 Å². The number of nitrogens with zero attached hydrogens (tertiary/aromatic N) is 2. The average molecular weight is 345 g/mol. The number of carbonyl (C=O) groups excluding carboxylic acids is 1. The van der Waals surface area contributed by atoms with Gasteiger partial charge in [0.25, 0.3) is 0 Å². The molecule has 0 aliphatic heterocycles. The van der Waals surface area contributed by atoms with Crippen molar-refractivity contribution in [2.45, 2.75) is 26.2 Å². The maximum Gasteiger partial charge on any atom is 0.230 e. The topological polar surface area (TPSA) is 83.8 Å². The molecule has 2 aromatic heterocycles. The van der Waals surface area contributed by atoms with Crippen molar-refractivity contribution in [2.24, 2.45) is 0 Å². The second-order valence-corrected chi connectivity index (χ2v) is 5.85. The van der Waals surface area contributed by atoms with Gasteiger partial charge in [0, 0.05) is 17.3 Å². The standard InChI is InChI=1S/C17H17ClN4O2/c1-11-14(17(18)24-22-11)10-16(23)19-15-9-13(20-21-15)8-7-12-5-3-2-4-6-12/h2-6,9H,7-8,10H2,1H3,(H2,19,20,21,23). The Morgan fingerprint density at radius 1 is 1.29 bits per heavy atom. The van der Waals surface area contributed by atoms with Gasteiger partial charge in [-0.3, -0.25) is 9.89 Å². The third-order valence-electron chi connectivity index (χ3n) is 3.70. The molecule has 3 rings (SSSR count). The van der Waals surface area contributed by atoms with Gasteiger partial charge in [0.2, 0.25) is 11.1 Å². The van der Waals surface area contributed by atoms with Crippen LogP contribution in [0.5, 0.6) is 0 Å². The highest BCUT2D eigenvalue weighted by molar-refractivity contribution is 6.29. The maximum atomic E-state index is 12.1. The third kappa shape index (κ3) is 4.02. The highest BCUT2D eigenvalue weighted by Crippen LogP contribution is 2.20. The van der Waals surface area contributed by atoms with Crippen LogP contribution in [0, 0.1) is 6.92 Å². The number of rotatable bonds is 6. The Kier molecular flexibility index (Phi) is 4.96. The number of aryl methyl sites for hydroxylation is 3. The second-order valence-electron chi connectivity index (χ2n) is 5.51. The van der Waals surface area contributed by atoms with Gasteiger partial charge in [0.1, 0.15) is 0 Å². The molecule has 124 valence electrons. The van der Waals surface area contributed by atoms with Gasteiger partial charge in [-0.25, -0.2) is 0 Å². The lowest BCUT2D eigenvalue weighted by Gasteiger charge is -2.00. The molecule has 0 saturated heterocycles. The Morgan fingerprint density at radius 3 is 2.79 bits per heavy atom. The van der Waals surface area contributed by atoms with Crippen molar-refractivity contribution in [3.05, 3.63) is 64.1 Å². The minimum atomic E-state index is -0.218. The molecule has 1 amide bonds. The van der Waals surface area contributed by atoms with Gasteiger partial charge < -0.3 is 9.84 Å². The van der Waals surface area contributed by atoms with Crippen molar-refractivity contribution in [3.8, 4) is 0 Å². The Balaban J connectivity index is 1.55. The molecule has 7 heteroatoms. The first-order valence-corrected chi connectivity index (χ1v) is 7.98. The van der Waals surface area contributed by atoms with Crippen LogP contribution in [-0.2, 0) is 24.1 Å². The Morgan fingerprint density at radius 2 is 2.08 bits per heavy atom. The van der Waals surface area contributed by atoms with E-state index in [1.54, 1.807) is 6.92 Å². The predicted molar refractivity (Wildman–Crippen MR) is 91.0 cm³/mol. The van der Waals surface area contributed by atoms with E-state index < -0.39 is 0 Å². The van der Waals surface area contributed by atoms with Crippen LogP contribution >= 0.6 is 11.6 Å². The van der Waals surface area contributed by atoms with Gasteiger partial charge in [0.15, 0.2) is 5.82 Å². The van der Waals surface area contributed by atoms with Crippen molar-refractivity contribution in [2.75, 3.05) is 5.32 Å². The van der Waals surface area contributed by atoms with E-state index in [1.165, 1.54) is 5.56 Å². The van der Waals surface area contributed by atoms with Gasteiger partial charge in [-0.15, -0.1) is 0 Å². The number of amides is 1. The number of nitrogens with one attached hydrogen (secondary N) is 2. The van der Waals surface area contributed by atoms with Gasteiger partial charge in [-0.05, 0) is 36.9 Å². The molecule has 0 spiro atoms. The second kappa shape index (κ2) is 7.31. The van der Waals surface area contributed by atoms with E-state index in [9.17, 15) is 4.79 Å². The first kappa shape index (κ1) is 16.3. The molecule has 2 N–H and O–H groups in total. The van der Waals surface area contributed by atoms with Crippen LogP contribution in [-0.4, -0.2) is 21.3 Å². The zero-order valence-corrected chi connectivity index (χ0v) is 13.9. The molecule has 0 radical (unpaired) electrons. The van der Waals surface area contributed by atoms with Crippen molar-refractivity contribution in [1.82, 2.24) is 15.4 Å². The molecule has 3 aromatic rings. The van der Waals surface area contributed by atoms with Crippen LogP contribution in [0.25, 0.3) is 0 Å². The van der Waals surface area contributed by atoms with Crippen LogP contribution in [0.1, 0.15) is 22.5 Å². The quantitative estimate of drug-likeness (QED) is 0.718. The van der Waals surface area contributed by atoms with E-state index in [-0.39, 0.29) is 17.5 Å². The largest absolute Gasteiger partial charge is 0.344 e. The zero-order valence-electron chi connectivity index (χ0n) is 13.2. The minimum Gasteiger partial charge on any atom is -0.344 e. The monoisotopic (exact) mass is 344 g/mol. The molecule has 1 aromatic carbocycles. The SMILES string of the molecule is Cc1noc(Cl)c1CC(=O)Nc1cc(CCc2ccccc2)[nH]n1. The van der Waals surface area contributed by atoms with Crippen molar-refractivity contribution in [1.29, 1.82) is 0 Å². The molecule has 2 heterocycles. The van der Waals surface area contributed by atoms with Crippen LogP contribution < -0.4 is 5.32 Å². The van der Waals surface area contributed by atoms with Crippen molar-refractivity contribution < 1.29 is 9.32 Å². The van der Waals surface area contributed by atoms with E-state index in [1.807, 2.05) is 24.3 Å². The minimum absolute atomic E-state index is 0.0976. The molecule has 6 nitrogen and oxygen atoms in total. The first-order chi connectivity index (χ1) is 11.6. The van der Waals surface area contributed by atoms with Gasteiger partial charge in [-0.2, -0.15) is 5.10 Å². The summed E-state index contributed by atoms with van der Waals surface area (Å²) in [5.74, 6) is 0.276. The summed E-state index contributed by atoms with van der Waals surface area (Å²) in [6.07, 6.45) is 1.83. The highest BCUT2D eigenvalue weighted by Gasteiger charge is 2.15. The number of halogens is 1. The predicted octanol–water partition coefficient (Wildman–Crippen LogP) is 3.33. The van der Waals surface area contributed by atoms with Gasteiger partial charge >= 0.3 is 0 Å². The fourth-order valence-corrected chi connectivity index (χ4v) is 2.62. The number of carbonyl (C=O) groups is 1. The average Bonchev–Trinajstić information content (AvgIpc) is 3.15. The van der Waals surface area contributed by atoms with Crippen molar-refractivity contribution in [3.63, 3.8) is 0 Å².